The highest BCUT2D eigenvalue weighted by molar-refractivity contribution is 5.71. The Kier molecular flexibility index (Phi) is 5.59. The van der Waals surface area contributed by atoms with Gasteiger partial charge in [0.15, 0.2) is 5.76 Å². The summed E-state index contributed by atoms with van der Waals surface area (Å²) in [5.74, 6) is -2.70. The van der Waals surface area contributed by atoms with Crippen LogP contribution in [0.5, 0.6) is 11.5 Å². The minimum atomic E-state index is -4.84. The Morgan fingerprint density at radius 1 is 1.27 bits per heavy atom. The lowest BCUT2D eigenvalue weighted by molar-refractivity contribution is -0.274. The van der Waals surface area contributed by atoms with Crippen molar-refractivity contribution in [2.75, 3.05) is 7.11 Å². The molecule has 1 aromatic carbocycles. The number of hydrogen-bond acceptors (Lipinski definition) is 6. The second-order valence-electron chi connectivity index (χ2n) is 5.38. The van der Waals surface area contributed by atoms with E-state index in [1.807, 2.05) is 0 Å². The second kappa shape index (κ2) is 7.51. The number of carbonyl (C=O) groups excluding carboxylic acids is 1. The summed E-state index contributed by atoms with van der Waals surface area (Å²) >= 11 is 0. The van der Waals surface area contributed by atoms with Gasteiger partial charge in [0, 0.05) is 6.07 Å². The van der Waals surface area contributed by atoms with Crippen molar-refractivity contribution in [2.45, 2.75) is 25.6 Å². The minimum Gasteiger partial charge on any atom is -0.502 e. The van der Waals surface area contributed by atoms with Crippen LogP contribution in [-0.4, -0.2) is 24.5 Å². The molecule has 0 saturated carbocycles. The van der Waals surface area contributed by atoms with Crippen LogP contribution in [0.2, 0.25) is 0 Å². The number of aromatic hydroxyl groups is 1. The Morgan fingerprint density at radius 2 is 1.88 bits per heavy atom. The summed E-state index contributed by atoms with van der Waals surface area (Å²) in [6.07, 6.45) is -5.13. The number of ether oxygens (including phenoxy) is 2. The summed E-state index contributed by atoms with van der Waals surface area (Å²) in [6, 6.07) is 5.73. The van der Waals surface area contributed by atoms with E-state index in [0.717, 1.165) is 25.3 Å². The third-order valence-corrected chi connectivity index (χ3v) is 3.50. The van der Waals surface area contributed by atoms with Crippen molar-refractivity contribution in [3.8, 4) is 11.5 Å². The van der Waals surface area contributed by atoms with Crippen LogP contribution in [0.15, 0.2) is 39.5 Å². The monoisotopic (exact) mass is 372 g/mol. The molecule has 1 unspecified atom stereocenters. The first-order chi connectivity index (χ1) is 12.1. The minimum absolute atomic E-state index is 0.176. The van der Waals surface area contributed by atoms with Crippen LogP contribution in [0.3, 0.4) is 0 Å². The molecule has 1 heterocycles. The maximum Gasteiger partial charge on any atom is 0.573 e. The molecular weight excluding hydrogens is 357 g/mol. The molecule has 2 rings (SSSR count). The van der Waals surface area contributed by atoms with Crippen molar-refractivity contribution in [3.63, 3.8) is 0 Å². The molecule has 0 aliphatic heterocycles. The van der Waals surface area contributed by atoms with Crippen LogP contribution < -0.4 is 10.2 Å². The van der Waals surface area contributed by atoms with Crippen LogP contribution in [0.25, 0.3) is 0 Å². The summed E-state index contributed by atoms with van der Waals surface area (Å²) in [4.78, 5) is 23.5. The predicted molar refractivity (Wildman–Crippen MR) is 83.0 cm³/mol. The predicted octanol–water partition coefficient (Wildman–Crippen LogP) is 3.25. The topological polar surface area (TPSA) is 86.0 Å². The van der Waals surface area contributed by atoms with E-state index < -0.39 is 35.2 Å². The molecule has 0 saturated heterocycles. The van der Waals surface area contributed by atoms with Crippen molar-refractivity contribution in [2.24, 2.45) is 0 Å². The number of esters is 1. The highest BCUT2D eigenvalue weighted by atomic mass is 19.4. The number of hydrogen-bond donors (Lipinski definition) is 1. The Bertz CT molecular complexity index is 839. The zero-order chi connectivity index (χ0) is 19.5. The summed E-state index contributed by atoms with van der Waals surface area (Å²) in [5.41, 5.74) is -0.371. The van der Waals surface area contributed by atoms with Crippen LogP contribution in [0, 0.1) is 6.92 Å². The van der Waals surface area contributed by atoms with Gasteiger partial charge in [0.25, 0.3) is 0 Å². The normalized spacial score (nSPS) is 12.5. The number of methoxy groups -OCH3 is 1. The molecule has 6 nitrogen and oxygen atoms in total. The average molecular weight is 372 g/mol. The number of rotatable bonds is 5. The number of aryl methyl sites for hydroxylation is 1. The van der Waals surface area contributed by atoms with Gasteiger partial charge in [-0.1, -0.05) is 12.1 Å². The summed E-state index contributed by atoms with van der Waals surface area (Å²) < 4.78 is 50.6. The smallest absolute Gasteiger partial charge is 0.502 e. The van der Waals surface area contributed by atoms with Crippen LogP contribution in [0.4, 0.5) is 13.2 Å². The molecular formula is C17H15F3O6. The number of carbonyl (C=O) groups is 1. The van der Waals surface area contributed by atoms with Gasteiger partial charge >= 0.3 is 12.3 Å². The van der Waals surface area contributed by atoms with Crippen LogP contribution >= 0.6 is 0 Å². The van der Waals surface area contributed by atoms with E-state index >= 15 is 0 Å². The lowest BCUT2D eigenvalue weighted by Crippen LogP contribution is -2.17. The van der Waals surface area contributed by atoms with Crippen LogP contribution in [0.1, 0.15) is 29.4 Å². The molecule has 140 valence electrons. The molecule has 0 fully saturated rings. The highest BCUT2D eigenvalue weighted by Crippen LogP contribution is 2.34. The third kappa shape index (κ3) is 4.78. The zero-order valence-corrected chi connectivity index (χ0v) is 13.8. The standard InChI is InChI=1S/C17H15F3O6/c1-9-7-13(21)15(23)16(25-9)12(8-14(22)24-2)10-3-5-11(6-4-10)26-17(18,19)20/h3-7,12,23H,8H2,1-2H3. The van der Waals surface area contributed by atoms with Gasteiger partial charge in [-0.3, -0.25) is 9.59 Å². The average Bonchev–Trinajstić information content (AvgIpc) is 2.55. The van der Waals surface area contributed by atoms with Gasteiger partial charge in [0.1, 0.15) is 11.5 Å². The molecule has 26 heavy (non-hydrogen) atoms. The first kappa shape index (κ1) is 19.4. The Labute approximate surface area is 145 Å². The van der Waals surface area contributed by atoms with E-state index in [0.29, 0.717) is 5.56 Å². The molecule has 0 aliphatic carbocycles. The maximum absolute atomic E-state index is 12.3. The fraction of sp³-hybridized carbons (Fsp3) is 0.294. The summed E-state index contributed by atoms with van der Waals surface area (Å²) in [6.45, 7) is 1.49. The van der Waals surface area contributed by atoms with Crippen molar-refractivity contribution in [1.29, 1.82) is 0 Å². The van der Waals surface area contributed by atoms with E-state index in [2.05, 4.69) is 9.47 Å². The molecule has 0 amide bonds. The van der Waals surface area contributed by atoms with Gasteiger partial charge < -0.3 is 19.0 Å². The van der Waals surface area contributed by atoms with Gasteiger partial charge in [0.2, 0.25) is 11.2 Å². The third-order valence-electron chi connectivity index (χ3n) is 3.50. The number of benzene rings is 1. The molecule has 1 N–H and O–H groups in total. The second-order valence-corrected chi connectivity index (χ2v) is 5.38. The quantitative estimate of drug-likeness (QED) is 0.811. The number of alkyl halides is 3. The van der Waals surface area contributed by atoms with E-state index in [-0.39, 0.29) is 17.9 Å². The molecule has 0 aliphatic rings. The molecule has 1 aromatic heterocycles. The molecule has 2 aromatic rings. The molecule has 0 radical (unpaired) electrons. The Hall–Kier alpha value is -2.97. The van der Waals surface area contributed by atoms with Gasteiger partial charge in [-0.2, -0.15) is 0 Å². The lowest BCUT2D eigenvalue weighted by Gasteiger charge is -2.17. The van der Waals surface area contributed by atoms with Gasteiger partial charge in [-0.15, -0.1) is 13.2 Å². The van der Waals surface area contributed by atoms with Crippen molar-refractivity contribution < 1.29 is 37.0 Å². The first-order valence-electron chi connectivity index (χ1n) is 7.37. The Balaban J connectivity index is 2.46. The summed E-state index contributed by atoms with van der Waals surface area (Å²) in [5, 5.41) is 10.0. The van der Waals surface area contributed by atoms with Crippen LogP contribution in [-0.2, 0) is 9.53 Å². The summed E-state index contributed by atoms with van der Waals surface area (Å²) in [7, 11) is 1.16. The SMILES string of the molecule is COC(=O)CC(c1ccc(OC(F)(F)F)cc1)c1oc(C)cc(=O)c1O. The van der Waals surface area contributed by atoms with E-state index in [9.17, 15) is 27.9 Å². The zero-order valence-electron chi connectivity index (χ0n) is 13.8. The van der Waals surface area contributed by atoms with E-state index in [4.69, 9.17) is 4.42 Å². The molecule has 0 spiro atoms. The van der Waals surface area contributed by atoms with Crippen molar-refractivity contribution in [3.05, 3.63) is 57.6 Å². The fourth-order valence-corrected chi connectivity index (χ4v) is 2.38. The van der Waals surface area contributed by atoms with Crippen molar-refractivity contribution >= 4 is 5.97 Å². The first-order valence-corrected chi connectivity index (χ1v) is 7.37. The fourth-order valence-electron chi connectivity index (χ4n) is 2.38. The number of halogens is 3. The van der Waals surface area contributed by atoms with Crippen molar-refractivity contribution in [1.82, 2.24) is 0 Å². The molecule has 9 heteroatoms. The van der Waals surface area contributed by atoms with Gasteiger partial charge in [-0.25, -0.2) is 0 Å². The maximum atomic E-state index is 12.3. The molecule has 0 bridgehead atoms. The van der Waals surface area contributed by atoms with E-state index in [1.165, 1.54) is 19.1 Å². The van der Waals surface area contributed by atoms with E-state index in [1.54, 1.807) is 0 Å². The Morgan fingerprint density at radius 3 is 2.42 bits per heavy atom. The molecule has 1 atom stereocenters. The van der Waals surface area contributed by atoms with Gasteiger partial charge in [-0.05, 0) is 24.6 Å². The largest absolute Gasteiger partial charge is 0.573 e. The highest BCUT2D eigenvalue weighted by Gasteiger charge is 2.31. The lowest BCUT2D eigenvalue weighted by atomic mass is 9.92. The van der Waals surface area contributed by atoms with Gasteiger partial charge in [0.05, 0.1) is 19.4 Å².